The summed E-state index contributed by atoms with van der Waals surface area (Å²) in [6.07, 6.45) is -8.41. The van der Waals surface area contributed by atoms with E-state index in [1.165, 1.54) is 18.2 Å². The van der Waals surface area contributed by atoms with Gasteiger partial charge in [0.05, 0.1) is 11.4 Å². The number of alkyl halides is 7. The number of aryl methyl sites for hydroxylation is 1. The lowest BCUT2D eigenvalue weighted by Crippen LogP contribution is -2.53. The summed E-state index contributed by atoms with van der Waals surface area (Å²) < 4.78 is 87.8. The molecule has 1 unspecified atom stereocenters. The number of hydroxylamine groups is 2. The van der Waals surface area contributed by atoms with Crippen molar-refractivity contribution in [3.8, 4) is 0 Å². The van der Waals surface area contributed by atoms with E-state index in [9.17, 15) is 41.1 Å². The van der Waals surface area contributed by atoms with Gasteiger partial charge in [-0.15, -0.1) is 0 Å². The van der Waals surface area contributed by atoms with Gasteiger partial charge >= 0.3 is 18.0 Å². The summed E-state index contributed by atoms with van der Waals surface area (Å²) in [6, 6.07) is 4.05. The molecule has 1 atom stereocenters. The highest BCUT2D eigenvalue weighted by molar-refractivity contribution is 7.94. The van der Waals surface area contributed by atoms with Crippen molar-refractivity contribution in [2.45, 2.75) is 42.2 Å². The molecule has 1 aromatic rings. The molecule has 1 aliphatic rings. The van der Waals surface area contributed by atoms with Crippen LogP contribution in [0.4, 0.5) is 30.7 Å². The third kappa shape index (κ3) is 3.48. The molecule has 0 saturated carbocycles. The lowest BCUT2D eigenvalue weighted by molar-refractivity contribution is -0.687. The Morgan fingerprint density at radius 2 is 1.71 bits per heavy atom. The molecule has 0 aromatic heterocycles. The Morgan fingerprint density at radius 1 is 1.12 bits per heavy atom. The van der Waals surface area contributed by atoms with Crippen LogP contribution in [0.1, 0.15) is 23.5 Å². The highest BCUT2D eigenvalue weighted by atomic mass is 32.2. The van der Waals surface area contributed by atoms with Gasteiger partial charge in [-0.1, -0.05) is 17.7 Å². The Hall–Kier alpha value is -1.04. The molecule has 1 heterocycles. The molecule has 2 rings (SSSR count). The van der Waals surface area contributed by atoms with Crippen LogP contribution in [0.15, 0.2) is 23.1 Å². The summed E-state index contributed by atoms with van der Waals surface area (Å²) in [4.78, 5) is -0.00650. The second-order valence-corrected chi connectivity index (χ2v) is 6.78. The Kier molecular flexibility index (Phi) is 4.62. The fourth-order valence-corrected chi connectivity index (χ4v) is 3.46. The number of halogens is 7. The van der Waals surface area contributed by atoms with E-state index < -0.39 is 41.1 Å². The van der Waals surface area contributed by atoms with E-state index in [1.54, 1.807) is 6.92 Å². The summed E-state index contributed by atoms with van der Waals surface area (Å²) >= 11 is 0.237. The van der Waals surface area contributed by atoms with Crippen molar-refractivity contribution in [2.75, 3.05) is 6.54 Å². The van der Waals surface area contributed by atoms with E-state index >= 15 is 0 Å². The van der Waals surface area contributed by atoms with E-state index in [1.807, 2.05) is 0 Å². The van der Waals surface area contributed by atoms with Gasteiger partial charge in [-0.05, 0) is 18.6 Å². The molecule has 0 aliphatic carbocycles. The monoisotopic (exact) mass is 378 g/mol. The molecule has 1 aromatic carbocycles. The van der Waals surface area contributed by atoms with E-state index in [4.69, 9.17) is 0 Å². The fraction of sp³-hybridized carbons (Fsp3) is 0.538. The highest BCUT2D eigenvalue weighted by Gasteiger charge is 2.73. The number of hydrogen-bond acceptors (Lipinski definition) is 3. The normalized spacial score (nSPS) is 21.5. The molecule has 0 radical (unpaired) electrons. The van der Waals surface area contributed by atoms with E-state index in [0.717, 1.165) is 0 Å². The smallest absolute Gasteiger partial charge is 0.459 e. The van der Waals surface area contributed by atoms with Crippen LogP contribution in [0.25, 0.3) is 0 Å². The van der Waals surface area contributed by atoms with Crippen LogP contribution >= 0.6 is 11.9 Å². The van der Waals surface area contributed by atoms with Gasteiger partial charge < -0.3 is 14.6 Å². The summed E-state index contributed by atoms with van der Waals surface area (Å²) in [5, 5.41) is 23.2. The fourth-order valence-electron chi connectivity index (χ4n) is 2.44. The molecule has 0 fully saturated rings. The van der Waals surface area contributed by atoms with E-state index in [2.05, 4.69) is 0 Å². The number of fused-ring (bicyclic) bond motifs is 1. The average molecular weight is 378 g/mol. The van der Waals surface area contributed by atoms with E-state index in [-0.39, 0.29) is 22.4 Å². The molecule has 11 heteroatoms. The lowest BCUT2D eigenvalue weighted by atomic mass is 9.89. The molecule has 136 valence electrons. The summed E-state index contributed by atoms with van der Waals surface area (Å²) in [6.45, 7) is 0.472. The second-order valence-electron chi connectivity index (χ2n) is 5.60. The van der Waals surface area contributed by atoms with Gasteiger partial charge in [0.15, 0.2) is 0 Å². The highest BCUT2D eigenvalue weighted by Crippen LogP contribution is 2.52. The van der Waals surface area contributed by atoms with Gasteiger partial charge in [-0.3, -0.25) is 0 Å². The average Bonchev–Trinajstić information content (AvgIpc) is 2.36. The van der Waals surface area contributed by atoms with Crippen LogP contribution in [0.3, 0.4) is 0 Å². The Balaban J connectivity index is 2.40. The van der Waals surface area contributed by atoms with Crippen LogP contribution in [-0.2, 0) is 0 Å². The summed E-state index contributed by atoms with van der Waals surface area (Å²) in [5.74, 6) is -13.5. The van der Waals surface area contributed by atoms with Crippen LogP contribution in [-0.4, -0.2) is 28.8 Å². The molecule has 3 nitrogen and oxygen atoms in total. The lowest BCUT2D eigenvalue weighted by Gasteiger charge is -2.49. The molecule has 0 N–H and O–H groups in total. The Bertz CT molecular complexity index is 633. The maximum Gasteiger partial charge on any atom is 0.459 e. The van der Waals surface area contributed by atoms with Crippen LogP contribution < -0.4 is 0 Å². The zero-order chi connectivity index (χ0) is 18.6. The van der Waals surface area contributed by atoms with Crippen molar-refractivity contribution in [2.24, 2.45) is 0 Å². The molecular formula is C13H11F7NO2S-. The predicted octanol–water partition coefficient (Wildman–Crippen LogP) is 5.13. The van der Waals surface area contributed by atoms with Crippen molar-refractivity contribution in [1.82, 2.24) is 0 Å². The minimum atomic E-state index is -6.45. The molecule has 0 spiro atoms. The second kappa shape index (κ2) is 5.75. The van der Waals surface area contributed by atoms with Gasteiger partial charge in [0.1, 0.15) is 11.9 Å². The topological polar surface area (TPSA) is 46.1 Å². The van der Waals surface area contributed by atoms with Gasteiger partial charge in [0.2, 0.25) is 0 Å². The number of quaternary nitrogens is 1. The molecule has 24 heavy (non-hydrogen) atoms. The minimum Gasteiger partial charge on any atom is -0.619 e. The maximum atomic E-state index is 13.6. The number of rotatable bonds is 3. The zero-order valence-electron chi connectivity index (χ0n) is 12.0. The third-order valence-electron chi connectivity index (χ3n) is 3.60. The SMILES string of the molecule is Cc1ccc2c(c1)C(CC(F)(F)C(F)(F)C(F)(F)F)C[N+]([O-])([O-])S2. The first-order valence-electron chi connectivity index (χ1n) is 6.59. The van der Waals surface area contributed by atoms with Crippen molar-refractivity contribution < 1.29 is 34.9 Å². The number of nitrogens with zero attached hydrogens (tertiary/aromatic N) is 1. The molecule has 0 amide bonds. The quantitative estimate of drug-likeness (QED) is 0.317. The predicted molar refractivity (Wildman–Crippen MR) is 72.2 cm³/mol. The largest absolute Gasteiger partial charge is 0.619 e. The summed E-state index contributed by atoms with van der Waals surface area (Å²) in [7, 11) is 0. The Labute approximate surface area is 136 Å². The van der Waals surface area contributed by atoms with Gasteiger partial charge in [0.25, 0.3) is 0 Å². The first-order chi connectivity index (χ1) is 10.7. The first kappa shape index (κ1) is 19.3. The molecule has 0 saturated heterocycles. The van der Waals surface area contributed by atoms with Crippen molar-refractivity contribution in [3.05, 3.63) is 39.7 Å². The van der Waals surface area contributed by atoms with Gasteiger partial charge in [0, 0.05) is 12.3 Å². The minimum absolute atomic E-state index is 0.00176. The number of hydrogen-bond donors (Lipinski definition) is 0. The standard InChI is InChI=1S/C13H11F7NO2S/c1-7-2-3-10-9(4-7)8(6-21(22,23)24-10)5-11(14,15)12(16,17)13(18,19)20/h2-4,8H,5-6H2,1H3/q-1. The molecular weight excluding hydrogens is 367 g/mol. The van der Waals surface area contributed by atoms with Gasteiger partial charge in [-0.2, -0.15) is 30.7 Å². The molecule has 0 bridgehead atoms. The van der Waals surface area contributed by atoms with Crippen molar-refractivity contribution >= 4 is 11.9 Å². The van der Waals surface area contributed by atoms with Gasteiger partial charge in [-0.25, -0.2) is 0 Å². The Morgan fingerprint density at radius 3 is 2.25 bits per heavy atom. The van der Waals surface area contributed by atoms with Crippen molar-refractivity contribution in [3.63, 3.8) is 0 Å². The van der Waals surface area contributed by atoms with Crippen LogP contribution in [0.2, 0.25) is 0 Å². The first-order valence-corrected chi connectivity index (χ1v) is 7.36. The van der Waals surface area contributed by atoms with Crippen LogP contribution in [0.5, 0.6) is 0 Å². The number of benzene rings is 1. The van der Waals surface area contributed by atoms with Crippen molar-refractivity contribution in [1.29, 1.82) is 0 Å². The molecule has 1 aliphatic heterocycles. The van der Waals surface area contributed by atoms with Crippen LogP contribution in [0, 0.1) is 17.3 Å². The summed E-state index contributed by atoms with van der Waals surface area (Å²) in [5.41, 5.74) is 0.528. The third-order valence-corrected chi connectivity index (χ3v) is 4.60. The zero-order valence-corrected chi connectivity index (χ0v) is 12.9. The van der Waals surface area contributed by atoms with E-state index in [0.29, 0.717) is 5.56 Å². The maximum absolute atomic E-state index is 13.6.